The summed E-state index contributed by atoms with van der Waals surface area (Å²) in [5.41, 5.74) is 3.69. The monoisotopic (exact) mass is 324 g/mol. The molecule has 0 aliphatic rings. The fourth-order valence-electron chi connectivity index (χ4n) is 2.08. The Bertz CT molecular complexity index is 773. The number of benzene rings is 2. The van der Waals surface area contributed by atoms with E-state index in [-0.39, 0.29) is 11.8 Å². The van der Waals surface area contributed by atoms with Gasteiger partial charge in [0.05, 0.1) is 0 Å². The van der Waals surface area contributed by atoms with E-state index in [1.807, 2.05) is 52.8 Å². The third-order valence-electron chi connectivity index (χ3n) is 3.83. The molecule has 24 heavy (non-hydrogen) atoms. The molecule has 2 aromatic carbocycles. The molecule has 0 saturated heterocycles. The number of nitrogens with one attached hydrogen (secondary N) is 2. The highest BCUT2D eigenvalue weighted by atomic mass is 16.2. The smallest absolute Gasteiger partial charge is 0.255 e. The first-order chi connectivity index (χ1) is 11.2. The second kappa shape index (κ2) is 6.87. The lowest BCUT2D eigenvalue weighted by Gasteiger charge is -2.18. The Morgan fingerprint density at radius 2 is 1.50 bits per heavy atom. The summed E-state index contributed by atoms with van der Waals surface area (Å²) in [6.07, 6.45) is 0. The molecule has 0 aliphatic carbocycles. The lowest BCUT2D eigenvalue weighted by atomic mass is 9.95. The van der Waals surface area contributed by atoms with Crippen LogP contribution in [0, 0.1) is 19.3 Å². The summed E-state index contributed by atoms with van der Waals surface area (Å²) in [7, 11) is 0. The van der Waals surface area contributed by atoms with Crippen molar-refractivity contribution in [3.05, 3.63) is 59.2 Å². The first kappa shape index (κ1) is 17.7. The van der Waals surface area contributed by atoms with E-state index in [9.17, 15) is 9.59 Å². The molecule has 4 nitrogen and oxygen atoms in total. The molecule has 0 saturated carbocycles. The Morgan fingerprint density at radius 1 is 0.833 bits per heavy atom. The molecule has 0 radical (unpaired) electrons. The van der Waals surface area contributed by atoms with E-state index in [1.165, 1.54) is 5.56 Å². The SMILES string of the molecule is Cc1ccc(NC(=O)c2cccc(NC(=O)C(C)(C)C)c2)cc1C. The van der Waals surface area contributed by atoms with Gasteiger partial charge in [-0.05, 0) is 55.3 Å². The summed E-state index contributed by atoms with van der Waals surface area (Å²) in [4.78, 5) is 24.5. The number of aryl methyl sites for hydroxylation is 2. The first-order valence-corrected chi connectivity index (χ1v) is 7.97. The molecule has 0 aromatic heterocycles. The van der Waals surface area contributed by atoms with Crippen molar-refractivity contribution in [1.82, 2.24) is 0 Å². The van der Waals surface area contributed by atoms with Crippen LogP contribution in [0.15, 0.2) is 42.5 Å². The molecule has 0 unspecified atom stereocenters. The molecule has 2 rings (SSSR count). The van der Waals surface area contributed by atoms with Gasteiger partial charge in [-0.25, -0.2) is 0 Å². The van der Waals surface area contributed by atoms with Gasteiger partial charge < -0.3 is 10.6 Å². The van der Waals surface area contributed by atoms with Gasteiger partial charge in [0.1, 0.15) is 0 Å². The number of carbonyl (C=O) groups excluding carboxylic acids is 2. The maximum Gasteiger partial charge on any atom is 0.255 e. The van der Waals surface area contributed by atoms with E-state index in [4.69, 9.17) is 0 Å². The largest absolute Gasteiger partial charge is 0.326 e. The van der Waals surface area contributed by atoms with Crippen molar-refractivity contribution in [3.8, 4) is 0 Å². The Hall–Kier alpha value is -2.62. The van der Waals surface area contributed by atoms with Crippen LogP contribution >= 0.6 is 0 Å². The molecule has 2 amide bonds. The second-order valence-electron chi connectivity index (χ2n) is 7.04. The molecule has 0 spiro atoms. The maximum absolute atomic E-state index is 12.4. The standard InChI is InChI=1S/C20H24N2O2/c1-13-9-10-17(11-14(13)2)21-18(23)15-7-6-8-16(12-15)22-19(24)20(3,4)5/h6-12H,1-5H3,(H,21,23)(H,22,24). The lowest BCUT2D eigenvalue weighted by molar-refractivity contribution is -0.123. The molecule has 126 valence electrons. The average molecular weight is 324 g/mol. The van der Waals surface area contributed by atoms with Crippen LogP contribution < -0.4 is 10.6 Å². The fourth-order valence-corrected chi connectivity index (χ4v) is 2.08. The zero-order chi connectivity index (χ0) is 17.9. The van der Waals surface area contributed by atoms with Crippen molar-refractivity contribution >= 4 is 23.2 Å². The number of hydrogen-bond donors (Lipinski definition) is 2. The van der Waals surface area contributed by atoms with E-state index in [0.717, 1.165) is 11.3 Å². The maximum atomic E-state index is 12.4. The highest BCUT2D eigenvalue weighted by Crippen LogP contribution is 2.19. The van der Waals surface area contributed by atoms with Gasteiger partial charge in [-0.2, -0.15) is 0 Å². The second-order valence-corrected chi connectivity index (χ2v) is 7.04. The molecular weight excluding hydrogens is 300 g/mol. The van der Waals surface area contributed by atoms with E-state index < -0.39 is 5.41 Å². The number of anilines is 2. The third-order valence-corrected chi connectivity index (χ3v) is 3.83. The third kappa shape index (κ3) is 4.44. The topological polar surface area (TPSA) is 58.2 Å². The van der Waals surface area contributed by atoms with Crippen LogP contribution in [0.5, 0.6) is 0 Å². The van der Waals surface area contributed by atoms with Crippen molar-refractivity contribution in [3.63, 3.8) is 0 Å². The van der Waals surface area contributed by atoms with Gasteiger partial charge in [-0.3, -0.25) is 9.59 Å². The molecule has 0 aliphatic heterocycles. The first-order valence-electron chi connectivity index (χ1n) is 7.97. The quantitative estimate of drug-likeness (QED) is 0.871. The van der Waals surface area contributed by atoms with Crippen molar-refractivity contribution < 1.29 is 9.59 Å². The van der Waals surface area contributed by atoms with E-state index in [0.29, 0.717) is 11.3 Å². The Balaban J connectivity index is 2.14. The molecular formula is C20H24N2O2. The van der Waals surface area contributed by atoms with Gasteiger partial charge in [-0.1, -0.05) is 32.9 Å². The lowest BCUT2D eigenvalue weighted by Crippen LogP contribution is -2.27. The molecule has 4 heteroatoms. The Morgan fingerprint density at radius 3 is 2.12 bits per heavy atom. The number of amides is 2. The highest BCUT2D eigenvalue weighted by molar-refractivity contribution is 6.05. The molecule has 0 bridgehead atoms. The normalized spacial score (nSPS) is 11.0. The zero-order valence-electron chi connectivity index (χ0n) is 14.9. The average Bonchev–Trinajstić information content (AvgIpc) is 2.50. The highest BCUT2D eigenvalue weighted by Gasteiger charge is 2.21. The van der Waals surface area contributed by atoms with Crippen LogP contribution in [-0.4, -0.2) is 11.8 Å². The van der Waals surface area contributed by atoms with Gasteiger partial charge in [0.2, 0.25) is 5.91 Å². The van der Waals surface area contributed by atoms with Crippen LogP contribution in [0.1, 0.15) is 42.3 Å². The van der Waals surface area contributed by atoms with Crippen LogP contribution in [0.3, 0.4) is 0 Å². The van der Waals surface area contributed by atoms with Crippen molar-refractivity contribution in [1.29, 1.82) is 0 Å². The van der Waals surface area contributed by atoms with E-state index >= 15 is 0 Å². The Kier molecular flexibility index (Phi) is 5.07. The van der Waals surface area contributed by atoms with Gasteiger partial charge >= 0.3 is 0 Å². The van der Waals surface area contributed by atoms with Gasteiger partial charge in [0, 0.05) is 22.4 Å². The van der Waals surface area contributed by atoms with E-state index in [2.05, 4.69) is 10.6 Å². The van der Waals surface area contributed by atoms with Gasteiger partial charge in [0.15, 0.2) is 0 Å². The van der Waals surface area contributed by atoms with Crippen molar-refractivity contribution in [2.24, 2.45) is 5.41 Å². The minimum Gasteiger partial charge on any atom is -0.326 e. The number of carbonyl (C=O) groups is 2. The molecule has 0 atom stereocenters. The molecule has 0 fully saturated rings. The van der Waals surface area contributed by atoms with Gasteiger partial charge in [0.25, 0.3) is 5.91 Å². The minimum atomic E-state index is -0.488. The summed E-state index contributed by atoms with van der Waals surface area (Å²) >= 11 is 0. The summed E-state index contributed by atoms with van der Waals surface area (Å²) in [6, 6.07) is 12.7. The number of rotatable bonds is 3. The zero-order valence-corrected chi connectivity index (χ0v) is 14.9. The predicted octanol–water partition coefficient (Wildman–Crippen LogP) is 4.54. The van der Waals surface area contributed by atoms with Crippen LogP contribution in [0.25, 0.3) is 0 Å². The van der Waals surface area contributed by atoms with E-state index in [1.54, 1.807) is 24.3 Å². The van der Waals surface area contributed by atoms with Crippen molar-refractivity contribution in [2.75, 3.05) is 10.6 Å². The number of hydrogen-bond acceptors (Lipinski definition) is 2. The summed E-state index contributed by atoms with van der Waals surface area (Å²) in [5, 5.41) is 5.72. The summed E-state index contributed by atoms with van der Waals surface area (Å²) in [5.74, 6) is -0.292. The molecule has 2 N–H and O–H groups in total. The van der Waals surface area contributed by atoms with Crippen LogP contribution in [0.2, 0.25) is 0 Å². The summed E-state index contributed by atoms with van der Waals surface area (Å²) < 4.78 is 0. The molecule has 0 heterocycles. The summed E-state index contributed by atoms with van der Waals surface area (Å²) in [6.45, 7) is 9.58. The fraction of sp³-hybridized carbons (Fsp3) is 0.300. The van der Waals surface area contributed by atoms with Crippen LogP contribution in [0.4, 0.5) is 11.4 Å². The molecule has 2 aromatic rings. The predicted molar refractivity (Wildman–Crippen MR) is 98.4 cm³/mol. The van der Waals surface area contributed by atoms with Crippen molar-refractivity contribution in [2.45, 2.75) is 34.6 Å². The van der Waals surface area contributed by atoms with Crippen LogP contribution in [-0.2, 0) is 4.79 Å². The minimum absolute atomic E-state index is 0.0887. The Labute approximate surface area is 143 Å². The van der Waals surface area contributed by atoms with Gasteiger partial charge in [-0.15, -0.1) is 0 Å².